The Morgan fingerprint density at radius 1 is 1.11 bits per heavy atom. The number of nitrogens with one attached hydrogen (secondary N) is 1. The van der Waals surface area contributed by atoms with Crippen LogP contribution in [0.2, 0.25) is 0 Å². The molecule has 0 aliphatic rings. The van der Waals surface area contributed by atoms with Gasteiger partial charge in [-0.05, 0) is 24.0 Å². The van der Waals surface area contributed by atoms with Crippen LogP contribution in [0.5, 0.6) is 0 Å². The van der Waals surface area contributed by atoms with E-state index in [1.54, 1.807) is 0 Å². The van der Waals surface area contributed by atoms with Gasteiger partial charge in [-0.2, -0.15) is 0 Å². The van der Waals surface area contributed by atoms with Crippen LogP contribution in [0.3, 0.4) is 0 Å². The molecule has 1 amide bonds. The maximum absolute atomic E-state index is 11.5. The number of rotatable bonds is 8. The first kappa shape index (κ1) is 15.2. The Kier molecular flexibility index (Phi) is 6.64. The standard InChI is InChI=1S/C15H21NO3/c1-2-4-12-7-9-13(10-8-12)11-16-14(17)5-3-6-15(18)19/h7-10H,2-6,11H2,1H3,(H,16,17)(H,18,19). The predicted octanol–water partition coefficient (Wildman–Crippen LogP) is 2.51. The summed E-state index contributed by atoms with van der Waals surface area (Å²) in [6.07, 6.45) is 2.89. The Labute approximate surface area is 113 Å². The Morgan fingerprint density at radius 3 is 2.32 bits per heavy atom. The van der Waals surface area contributed by atoms with E-state index < -0.39 is 5.97 Å². The lowest BCUT2D eigenvalue weighted by molar-refractivity contribution is -0.137. The summed E-state index contributed by atoms with van der Waals surface area (Å²) in [6.45, 7) is 2.64. The smallest absolute Gasteiger partial charge is 0.303 e. The predicted molar refractivity (Wildman–Crippen MR) is 73.8 cm³/mol. The molecule has 0 aliphatic heterocycles. The topological polar surface area (TPSA) is 66.4 Å². The summed E-state index contributed by atoms with van der Waals surface area (Å²) < 4.78 is 0. The lowest BCUT2D eigenvalue weighted by Crippen LogP contribution is -2.22. The average Bonchev–Trinajstić information content (AvgIpc) is 2.38. The molecule has 4 heteroatoms. The molecule has 4 nitrogen and oxygen atoms in total. The van der Waals surface area contributed by atoms with Crippen molar-refractivity contribution < 1.29 is 14.7 Å². The van der Waals surface area contributed by atoms with Crippen LogP contribution in [0, 0.1) is 0 Å². The molecule has 0 unspecified atom stereocenters. The second kappa shape index (κ2) is 8.29. The molecule has 0 saturated heterocycles. The van der Waals surface area contributed by atoms with E-state index in [0.29, 0.717) is 13.0 Å². The molecule has 0 saturated carbocycles. The molecule has 1 aromatic carbocycles. The van der Waals surface area contributed by atoms with Gasteiger partial charge < -0.3 is 10.4 Å². The number of benzene rings is 1. The molecule has 0 spiro atoms. The van der Waals surface area contributed by atoms with Crippen molar-refractivity contribution in [3.05, 3.63) is 35.4 Å². The van der Waals surface area contributed by atoms with Crippen LogP contribution in [0.4, 0.5) is 0 Å². The number of carboxylic acid groups (broad SMARTS) is 1. The van der Waals surface area contributed by atoms with Crippen molar-refractivity contribution in [2.75, 3.05) is 0 Å². The average molecular weight is 263 g/mol. The number of aryl methyl sites for hydroxylation is 1. The van der Waals surface area contributed by atoms with E-state index in [4.69, 9.17) is 5.11 Å². The molecule has 19 heavy (non-hydrogen) atoms. The second-order valence-electron chi connectivity index (χ2n) is 4.59. The van der Waals surface area contributed by atoms with Gasteiger partial charge in [-0.25, -0.2) is 0 Å². The first-order valence-corrected chi connectivity index (χ1v) is 6.68. The Hall–Kier alpha value is -1.84. The molecule has 0 aliphatic carbocycles. The van der Waals surface area contributed by atoms with Crippen molar-refractivity contribution in [1.82, 2.24) is 5.32 Å². The number of hydrogen-bond acceptors (Lipinski definition) is 2. The van der Waals surface area contributed by atoms with E-state index in [2.05, 4.69) is 24.4 Å². The maximum Gasteiger partial charge on any atom is 0.303 e. The van der Waals surface area contributed by atoms with Crippen molar-refractivity contribution in [3.8, 4) is 0 Å². The van der Waals surface area contributed by atoms with Crippen LogP contribution >= 0.6 is 0 Å². The highest BCUT2D eigenvalue weighted by molar-refractivity contribution is 5.76. The van der Waals surface area contributed by atoms with Crippen LogP contribution in [0.25, 0.3) is 0 Å². The molecule has 0 heterocycles. The van der Waals surface area contributed by atoms with Crippen molar-refractivity contribution in [2.45, 2.75) is 45.6 Å². The third kappa shape index (κ3) is 6.60. The van der Waals surface area contributed by atoms with Crippen LogP contribution in [0.1, 0.15) is 43.7 Å². The zero-order chi connectivity index (χ0) is 14.1. The summed E-state index contributed by atoms with van der Waals surface area (Å²) in [6, 6.07) is 8.19. The largest absolute Gasteiger partial charge is 0.481 e. The molecule has 0 fully saturated rings. The summed E-state index contributed by atoms with van der Waals surface area (Å²) in [5, 5.41) is 11.3. The fourth-order valence-corrected chi connectivity index (χ4v) is 1.80. The highest BCUT2D eigenvalue weighted by Gasteiger charge is 2.03. The summed E-state index contributed by atoms with van der Waals surface area (Å²) in [5.41, 5.74) is 2.37. The molecular weight excluding hydrogens is 242 g/mol. The van der Waals surface area contributed by atoms with Crippen LogP contribution < -0.4 is 5.32 Å². The van der Waals surface area contributed by atoms with Gasteiger partial charge in [-0.3, -0.25) is 9.59 Å². The summed E-state index contributed by atoms with van der Waals surface area (Å²) >= 11 is 0. The van der Waals surface area contributed by atoms with Crippen LogP contribution in [0.15, 0.2) is 24.3 Å². The Morgan fingerprint density at radius 2 is 1.74 bits per heavy atom. The number of carbonyl (C=O) groups is 2. The van der Waals surface area contributed by atoms with Gasteiger partial charge in [-0.1, -0.05) is 37.6 Å². The minimum Gasteiger partial charge on any atom is -0.481 e. The number of carboxylic acids is 1. The van der Waals surface area contributed by atoms with E-state index in [1.807, 2.05) is 12.1 Å². The van der Waals surface area contributed by atoms with Crippen LogP contribution in [-0.4, -0.2) is 17.0 Å². The molecular formula is C15H21NO3. The first-order valence-electron chi connectivity index (χ1n) is 6.68. The normalized spacial score (nSPS) is 10.2. The molecule has 1 rings (SSSR count). The van der Waals surface area contributed by atoms with E-state index in [-0.39, 0.29) is 18.7 Å². The number of amides is 1. The lowest BCUT2D eigenvalue weighted by Gasteiger charge is -2.06. The third-order valence-electron chi connectivity index (χ3n) is 2.85. The van der Waals surface area contributed by atoms with Crippen molar-refractivity contribution in [3.63, 3.8) is 0 Å². The highest BCUT2D eigenvalue weighted by atomic mass is 16.4. The molecule has 2 N–H and O–H groups in total. The van der Waals surface area contributed by atoms with Gasteiger partial charge in [-0.15, -0.1) is 0 Å². The van der Waals surface area contributed by atoms with Gasteiger partial charge in [0.15, 0.2) is 0 Å². The molecule has 0 bridgehead atoms. The number of hydrogen-bond donors (Lipinski definition) is 2. The number of aliphatic carboxylic acids is 1. The minimum absolute atomic E-state index is 0.0408. The minimum atomic E-state index is -0.862. The fraction of sp³-hybridized carbons (Fsp3) is 0.467. The first-order chi connectivity index (χ1) is 9.11. The molecule has 0 atom stereocenters. The van der Waals surface area contributed by atoms with Gasteiger partial charge >= 0.3 is 5.97 Å². The lowest BCUT2D eigenvalue weighted by atomic mass is 10.1. The monoisotopic (exact) mass is 263 g/mol. The summed E-state index contributed by atoms with van der Waals surface area (Å²) in [5.74, 6) is -0.960. The maximum atomic E-state index is 11.5. The van der Waals surface area contributed by atoms with Gasteiger partial charge in [0, 0.05) is 19.4 Å². The molecule has 0 aromatic heterocycles. The second-order valence-corrected chi connectivity index (χ2v) is 4.59. The quantitative estimate of drug-likeness (QED) is 0.757. The van der Waals surface area contributed by atoms with Crippen LogP contribution in [-0.2, 0) is 22.6 Å². The van der Waals surface area contributed by atoms with Crippen molar-refractivity contribution in [2.24, 2.45) is 0 Å². The molecule has 1 aromatic rings. The third-order valence-corrected chi connectivity index (χ3v) is 2.85. The summed E-state index contributed by atoms with van der Waals surface area (Å²) in [7, 11) is 0. The number of carbonyl (C=O) groups excluding carboxylic acids is 1. The zero-order valence-corrected chi connectivity index (χ0v) is 11.3. The van der Waals surface area contributed by atoms with Gasteiger partial charge in [0.2, 0.25) is 5.91 Å². The van der Waals surface area contributed by atoms with Gasteiger partial charge in [0.05, 0.1) is 0 Å². The fourth-order valence-electron chi connectivity index (χ4n) is 1.80. The summed E-state index contributed by atoms with van der Waals surface area (Å²) in [4.78, 5) is 21.8. The highest BCUT2D eigenvalue weighted by Crippen LogP contribution is 2.06. The van der Waals surface area contributed by atoms with Crippen molar-refractivity contribution >= 4 is 11.9 Å². The Balaban J connectivity index is 2.27. The van der Waals surface area contributed by atoms with E-state index in [9.17, 15) is 9.59 Å². The molecule has 104 valence electrons. The van der Waals surface area contributed by atoms with E-state index in [1.165, 1.54) is 5.56 Å². The van der Waals surface area contributed by atoms with E-state index in [0.717, 1.165) is 18.4 Å². The zero-order valence-electron chi connectivity index (χ0n) is 11.3. The van der Waals surface area contributed by atoms with E-state index >= 15 is 0 Å². The van der Waals surface area contributed by atoms with Gasteiger partial charge in [0.1, 0.15) is 0 Å². The van der Waals surface area contributed by atoms with Crippen molar-refractivity contribution in [1.29, 1.82) is 0 Å². The van der Waals surface area contributed by atoms with Gasteiger partial charge in [0.25, 0.3) is 0 Å². The molecule has 0 radical (unpaired) electrons. The Bertz CT molecular complexity index is 412. The SMILES string of the molecule is CCCc1ccc(CNC(=O)CCCC(=O)O)cc1.